The highest BCUT2D eigenvalue weighted by molar-refractivity contribution is 6.02. The number of hydrogen-bond donors (Lipinski definition) is 2. The normalized spacial score (nSPS) is 16.7. The van der Waals surface area contributed by atoms with E-state index in [0.717, 1.165) is 42.6 Å². The quantitative estimate of drug-likeness (QED) is 0.196. The van der Waals surface area contributed by atoms with Crippen LogP contribution in [0.2, 0.25) is 0 Å². The molecule has 2 aromatic heterocycles. The number of benzene rings is 3. The summed E-state index contributed by atoms with van der Waals surface area (Å²) in [6, 6.07) is 21.4. The van der Waals surface area contributed by atoms with E-state index in [2.05, 4.69) is 25.4 Å². The largest absolute Gasteiger partial charge is 0.375 e. The lowest BCUT2D eigenvalue weighted by Gasteiger charge is -2.38. The Bertz CT molecular complexity index is 2540. The zero-order chi connectivity index (χ0) is 43.3. The number of aromatic nitrogens is 3. The molecule has 0 unspecified atom stereocenters. The highest BCUT2D eigenvalue weighted by Crippen LogP contribution is 2.28. The fourth-order valence-corrected chi connectivity index (χ4v) is 8.69. The molecule has 0 spiro atoms. The number of ether oxygens (including phenoxy) is 1. The predicted octanol–water partition coefficient (Wildman–Crippen LogP) is 5.05. The summed E-state index contributed by atoms with van der Waals surface area (Å²) in [6.07, 6.45) is 5.05. The van der Waals surface area contributed by atoms with Gasteiger partial charge >= 0.3 is 0 Å². The number of anilines is 1. The van der Waals surface area contributed by atoms with Gasteiger partial charge in [0.25, 0.3) is 17.4 Å². The van der Waals surface area contributed by atoms with Crippen LogP contribution in [0, 0.1) is 12.7 Å². The minimum Gasteiger partial charge on any atom is -0.375 e. The van der Waals surface area contributed by atoms with Crippen molar-refractivity contribution in [2.45, 2.75) is 58.2 Å². The lowest BCUT2D eigenvalue weighted by molar-refractivity contribution is -0.135. The zero-order valence-corrected chi connectivity index (χ0v) is 35.1. The third-order valence-electron chi connectivity index (χ3n) is 12.1. The average molecular weight is 843 g/mol. The molecule has 0 atom stereocenters. The third-order valence-corrected chi connectivity index (χ3v) is 12.1. The SMILES string of the molecule is CC(=O)Nc1cc(-c2cccc(C)c2)cnc1C(=O)N1CCC(OC2CCN(CC(=O)N3CCN(C(=O)c4cc(Cc5n[nH]c(=O)c6ccccc56)ccc4F)CC3)CC2)CC1. The molecule has 322 valence electrons. The van der Waals surface area contributed by atoms with Gasteiger partial charge in [0, 0.05) is 82.8 Å². The van der Waals surface area contributed by atoms with Crippen LogP contribution in [0.15, 0.2) is 83.8 Å². The summed E-state index contributed by atoms with van der Waals surface area (Å²) in [7, 11) is 0. The van der Waals surface area contributed by atoms with Crippen molar-refractivity contribution in [3.05, 3.63) is 123 Å². The lowest BCUT2D eigenvalue weighted by atomic mass is 10.0. The number of pyridine rings is 1. The molecule has 4 amide bonds. The van der Waals surface area contributed by atoms with Crippen LogP contribution in [0.4, 0.5) is 10.1 Å². The van der Waals surface area contributed by atoms with Crippen molar-refractivity contribution in [2.24, 2.45) is 0 Å². The van der Waals surface area contributed by atoms with E-state index in [1.54, 1.807) is 51.2 Å². The molecule has 5 heterocycles. The lowest BCUT2D eigenvalue weighted by Crippen LogP contribution is -2.53. The number of piperazine rings is 1. The highest BCUT2D eigenvalue weighted by Gasteiger charge is 2.32. The van der Waals surface area contributed by atoms with Gasteiger partial charge in [-0.15, -0.1) is 0 Å². The number of carbonyl (C=O) groups is 4. The minimum atomic E-state index is -0.614. The molecule has 8 rings (SSSR count). The Balaban J connectivity index is 0.770. The first-order chi connectivity index (χ1) is 30.0. The molecule has 0 radical (unpaired) electrons. The van der Waals surface area contributed by atoms with Crippen molar-refractivity contribution >= 4 is 40.1 Å². The molecule has 3 aromatic carbocycles. The molecular formula is C47H51FN8O6. The fourth-order valence-electron chi connectivity index (χ4n) is 8.69. The van der Waals surface area contributed by atoms with Crippen molar-refractivity contribution < 1.29 is 28.3 Å². The van der Waals surface area contributed by atoms with Crippen LogP contribution < -0.4 is 10.9 Å². The van der Waals surface area contributed by atoms with Gasteiger partial charge in [0.15, 0.2) is 5.69 Å². The van der Waals surface area contributed by atoms with Crippen LogP contribution in [0.3, 0.4) is 0 Å². The highest BCUT2D eigenvalue weighted by atomic mass is 19.1. The Morgan fingerprint density at radius 2 is 1.45 bits per heavy atom. The number of H-pyrrole nitrogens is 1. The maximum atomic E-state index is 15.0. The number of piperidine rings is 2. The van der Waals surface area contributed by atoms with Gasteiger partial charge in [-0.3, -0.25) is 28.9 Å². The van der Waals surface area contributed by atoms with E-state index in [1.807, 2.05) is 43.3 Å². The van der Waals surface area contributed by atoms with Crippen LogP contribution in [-0.4, -0.2) is 130 Å². The molecule has 14 nitrogen and oxygen atoms in total. The number of amides is 4. The second-order valence-corrected chi connectivity index (χ2v) is 16.5. The number of likely N-dealkylation sites (tertiary alicyclic amines) is 2. The van der Waals surface area contributed by atoms with Crippen LogP contribution in [0.1, 0.15) is 70.3 Å². The molecule has 5 aromatic rings. The number of halogens is 1. The van der Waals surface area contributed by atoms with E-state index in [-0.39, 0.29) is 53.3 Å². The number of nitrogens with one attached hydrogen (secondary N) is 2. The summed E-state index contributed by atoms with van der Waals surface area (Å²) in [5.41, 5.74) is 4.47. The van der Waals surface area contributed by atoms with Gasteiger partial charge in [-0.1, -0.05) is 54.1 Å². The molecule has 3 aliphatic heterocycles. The number of fused-ring (bicyclic) bond motifs is 1. The topological polar surface area (TPSA) is 161 Å². The Morgan fingerprint density at radius 1 is 0.774 bits per heavy atom. The first kappa shape index (κ1) is 42.4. The molecular weight excluding hydrogens is 792 g/mol. The van der Waals surface area contributed by atoms with Crippen molar-refractivity contribution in [2.75, 3.05) is 64.2 Å². The van der Waals surface area contributed by atoms with E-state index in [1.165, 1.54) is 13.0 Å². The van der Waals surface area contributed by atoms with E-state index in [0.29, 0.717) is 86.2 Å². The van der Waals surface area contributed by atoms with Gasteiger partial charge in [0.1, 0.15) is 5.82 Å². The summed E-state index contributed by atoms with van der Waals surface area (Å²) in [5, 5.41) is 10.8. The monoisotopic (exact) mass is 842 g/mol. The molecule has 62 heavy (non-hydrogen) atoms. The van der Waals surface area contributed by atoms with Crippen LogP contribution in [0.5, 0.6) is 0 Å². The zero-order valence-electron chi connectivity index (χ0n) is 35.1. The average Bonchev–Trinajstić information content (AvgIpc) is 3.28. The van der Waals surface area contributed by atoms with Crippen molar-refractivity contribution in [1.29, 1.82) is 0 Å². The Hall–Kier alpha value is -6.32. The van der Waals surface area contributed by atoms with Gasteiger partial charge in [-0.25, -0.2) is 14.5 Å². The van der Waals surface area contributed by atoms with Crippen LogP contribution >= 0.6 is 0 Å². The summed E-state index contributed by atoms with van der Waals surface area (Å²) in [5.74, 6) is -1.53. The van der Waals surface area contributed by atoms with Crippen molar-refractivity contribution in [3.8, 4) is 11.1 Å². The van der Waals surface area contributed by atoms with E-state index < -0.39 is 11.7 Å². The molecule has 3 saturated heterocycles. The molecule has 0 saturated carbocycles. The van der Waals surface area contributed by atoms with Gasteiger partial charge in [0.2, 0.25) is 11.8 Å². The van der Waals surface area contributed by atoms with E-state index in [4.69, 9.17) is 4.74 Å². The van der Waals surface area contributed by atoms with E-state index in [9.17, 15) is 24.0 Å². The first-order valence-electron chi connectivity index (χ1n) is 21.3. The molecule has 15 heteroatoms. The number of aryl methyl sites for hydroxylation is 1. The number of rotatable bonds is 10. The summed E-state index contributed by atoms with van der Waals surface area (Å²) >= 11 is 0. The maximum absolute atomic E-state index is 15.0. The van der Waals surface area contributed by atoms with Crippen LogP contribution in [-0.2, 0) is 20.7 Å². The molecule has 3 aliphatic rings. The Morgan fingerprint density at radius 3 is 2.16 bits per heavy atom. The van der Waals surface area contributed by atoms with Gasteiger partial charge in [-0.05, 0) is 68.0 Å². The smallest absolute Gasteiger partial charge is 0.274 e. The Kier molecular flexibility index (Phi) is 12.8. The maximum Gasteiger partial charge on any atom is 0.274 e. The third kappa shape index (κ3) is 9.74. The van der Waals surface area contributed by atoms with Crippen LogP contribution in [0.25, 0.3) is 21.9 Å². The molecule has 3 fully saturated rings. The second kappa shape index (κ2) is 18.7. The number of aromatic amines is 1. The second-order valence-electron chi connectivity index (χ2n) is 16.5. The molecule has 2 N–H and O–H groups in total. The Labute approximate surface area is 359 Å². The van der Waals surface area contributed by atoms with Gasteiger partial charge in [0.05, 0.1) is 41.1 Å². The number of carbonyl (C=O) groups excluding carboxylic acids is 4. The predicted molar refractivity (Wildman–Crippen MR) is 232 cm³/mol. The first-order valence-corrected chi connectivity index (χ1v) is 21.3. The standard InChI is InChI=1S/C47H51FN8O6/c1-30-6-5-7-33(24-30)34-27-42(50-31(2)57)44(49-28-34)47(61)55-18-14-36(15-19-55)62-35-12-16-53(17-13-35)29-43(58)54-20-22-56(23-21-54)46(60)39-25-32(10-11-40(39)48)26-41-37-8-3-4-9-38(37)45(59)52-51-41/h3-11,24-25,27-28,35-36H,12-23,26,29H2,1-2H3,(H,50,57)(H,52,59). The fraction of sp³-hybridized carbons (Fsp3) is 0.383. The van der Waals surface area contributed by atoms with Crippen molar-refractivity contribution in [3.63, 3.8) is 0 Å². The number of hydrogen-bond acceptors (Lipinski definition) is 9. The number of nitrogens with zero attached hydrogens (tertiary/aromatic N) is 6. The van der Waals surface area contributed by atoms with Gasteiger partial charge < -0.3 is 24.8 Å². The molecule has 0 aliphatic carbocycles. The van der Waals surface area contributed by atoms with Crippen molar-refractivity contribution in [1.82, 2.24) is 34.8 Å². The molecule has 0 bridgehead atoms. The van der Waals surface area contributed by atoms with E-state index >= 15 is 4.39 Å². The summed E-state index contributed by atoms with van der Waals surface area (Å²) < 4.78 is 21.5. The minimum absolute atomic E-state index is 0.00302. The summed E-state index contributed by atoms with van der Waals surface area (Å²) in [4.78, 5) is 76.6. The van der Waals surface area contributed by atoms with Gasteiger partial charge in [-0.2, -0.15) is 5.10 Å². The summed E-state index contributed by atoms with van der Waals surface area (Å²) in [6.45, 7) is 7.52.